The number of benzene rings is 2. The van der Waals surface area contributed by atoms with Gasteiger partial charge in [-0.25, -0.2) is 13.1 Å². The van der Waals surface area contributed by atoms with Crippen LogP contribution in [0.15, 0.2) is 47.4 Å². The van der Waals surface area contributed by atoms with Gasteiger partial charge in [-0.2, -0.15) is 0 Å². The number of carbonyl (C=O) groups excluding carboxylic acids is 1. The minimum absolute atomic E-state index is 0.111. The number of amides is 1. The molecule has 3 N–H and O–H groups in total. The summed E-state index contributed by atoms with van der Waals surface area (Å²) in [6.07, 6.45) is 0. The molecule has 0 heterocycles. The van der Waals surface area contributed by atoms with E-state index < -0.39 is 21.5 Å². The summed E-state index contributed by atoms with van der Waals surface area (Å²) in [7, 11) is -3.75. The number of hydrogen-bond donors (Lipinski definition) is 3. The number of aliphatic hydroxyl groups is 1. The van der Waals surface area contributed by atoms with Crippen LogP contribution in [0.2, 0.25) is 0 Å². The SMILES string of the molecule is Cc1cc(S(=O)(=O)NC(C)C(C)(C)CO)ccc1NC(=O)c1ccccc1C. The maximum atomic E-state index is 12.7. The maximum absolute atomic E-state index is 12.7. The van der Waals surface area contributed by atoms with E-state index >= 15 is 0 Å². The number of rotatable bonds is 7. The number of aliphatic hydroxyl groups excluding tert-OH is 1. The number of aryl methyl sites for hydroxylation is 2. The third kappa shape index (κ3) is 4.98. The highest BCUT2D eigenvalue weighted by Gasteiger charge is 2.29. The Morgan fingerprint density at radius 3 is 2.32 bits per heavy atom. The minimum Gasteiger partial charge on any atom is -0.396 e. The Morgan fingerprint density at radius 1 is 1.11 bits per heavy atom. The fourth-order valence-corrected chi connectivity index (χ4v) is 4.06. The highest BCUT2D eigenvalue weighted by atomic mass is 32.2. The predicted molar refractivity (Wildman–Crippen MR) is 111 cm³/mol. The van der Waals surface area contributed by atoms with Crippen molar-refractivity contribution in [1.82, 2.24) is 4.72 Å². The summed E-state index contributed by atoms with van der Waals surface area (Å²) in [5.41, 5.74) is 2.03. The van der Waals surface area contributed by atoms with Crippen molar-refractivity contribution in [1.29, 1.82) is 0 Å². The van der Waals surface area contributed by atoms with Crippen molar-refractivity contribution < 1.29 is 18.3 Å². The molecule has 0 aromatic heterocycles. The van der Waals surface area contributed by atoms with Crippen molar-refractivity contribution in [3.8, 4) is 0 Å². The van der Waals surface area contributed by atoms with Crippen LogP contribution in [0.3, 0.4) is 0 Å². The fraction of sp³-hybridized carbons (Fsp3) is 0.381. The van der Waals surface area contributed by atoms with Crippen LogP contribution in [0, 0.1) is 19.3 Å². The summed E-state index contributed by atoms with van der Waals surface area (Å²) >= 11 is 0. The summed E-state index contributed by atoms with van der Waals surface area (Å²) in [4.78, 5) is 12.6. The van der Waals surface area contributed by atoms with E-state index in [2.05, 4.69) is 10.0 Å². The van der Waals surface area contributed by atoms with E-state index in [4.69, 9.17) is 0 Å². The molecule has 2 rings (SSSR count). The molecule has 1 unspecified atom stereocenters. The van der Waals surface area contributed by atoms with Crippen LogP contribution in [0.5, 0.6) is 0 Å². The highest BCUT2D eigenvalue weighted by molar-refractivity contribution is 7.89. The molecule has 0 aliphatic heterocycles. The Morgan fingerprint density at radius 2 is 1.75 bits per heavy atom. The minimum atomic E-state index is -3.75. The summed E-state index contributed by atoms with van der Waals surface area (Å²) in [6.45, 7) is 8.76. The molecular formula is C21H28N2O4S. The number of carbonyl (C=O) groups is 1. The van der Waals surface area contributed by atoms with Crippen LogP contribution in [-0.4, -0.2) is 32.1 Å². The van der Waals surface area contributed by atoms with Crippen molar-refractivity contribution in [2.75, 3.05) is 11.9 Å². The van der Waals surface area contributed by atoms with Gasteiger partial charge in [-0.1, -0.05) is 32.0 Å². The number of nitrogens with one attached hydrogen (secondary N) is 2. The van der Waals surface area contributed by atoms with Gasteiger partial charge in [0.1, 0.15) is 0 Å². The molecule has 0 saturated carbocycles. The maximum Gasteiger partial charge on any atom is 0.255 e. The summed E-state index contributed by atoms with van der Waals surface area (Å²) < 4.78 is 28.0. The van der Waals surface area contributed by atoms with Gasteiger partial charge >= 0.3 is 0 Å². The van der Waals surface area contributed by atoms with Gasteiger partial charge in [0.25, 0.3) is 5.91 Å². The molecule has 152 valence electrons. The topological polar surface area (TPSA) is 95.5 Å². The first-order chi connectivity index (χ1) is 13.0. The van der Waals surface area contributed by atoms with Gasteiger partial charge in [0.15, 0.2) is 0 Å². The second-order valence-electron chi connectivity index (χ2n) is 7.74. The molecule has 1 atom stereocenters. The second-order valence-corrected chi connectivity index (χ2v) is 9.45. The van der Waals surface area contributed by atoms with Crippen molar-refractivity contribution in [3.05, 3.63) is 59.2 Å². The lowest BCUT2D eigenvalue weighted by Crippen LogP contribution is -2.44. The summed E-state index contributed by atoms with van der Waals surface area (Å²) in [5, 5.41) is 12.3. The molecule has 0 fully saturated rings. The van der Waals surface area contributed by atoms with Crippen LogP contribution in [0.4, 0.5) is 5.69 Å². The molecule has 2 aromatic rings. The number of anilines is 1. The monoisotopic (exact) mass is 404 g/mol. The van der Waals surface area contributed by atoms with E-state index in [0.717, 1.165) is 5.56 Å². The van der Waals surface area contributed by atoms with E-state index in [1.54, 1.807) is 45.9 Å². The first-order valence-corrected chi connectivity index (χ1v) is 10.6. The Labute approximate surface area is 167 Å². The van der Waals surface area contributed by atoms with E-state index in [0.29, 0.717) is 16.8 Å². The van der Waals surface area contributed by atoms with Crippen LogP contribution >= 0.6 is 0 Å². The van der Waals surface area contributed by atoms with Gasteiger partial charge in [-0.05, 0) is 56.2 Å². The van der Waals surface area contributed by atoms with E-state index in [1.165, 1.54) is 12.1 Å². The first kappa shape index (κ1) is 22.1. The largest absolute Gasteiger partial charge is 0.396 e. The molecular weight excluding hydrogens is 376 g/mol. The smallest absolute Gasteiger partial charge is 0.255 e. The Hall–Kier alpha value is -2.22. The van der Waals surface area contributed by atoms with E-state index in [9.17, 15) is 18.3 Å². The molecule has 0 aliphatic carbocycles. The summed E-state index contributed by atoms with van der Waals surface area (Å²) in [5.74, 6) is -0.242. The number of hydrogen-bond acceptors (Lipinski definition) is 4. The van der Waals surface area contributed by atoms with Gasteiger partial charge in [0, 0.05) is 29.3 Å². The third-order valence-electron chi connectivity index (χ3n) is 5.06. The second kappa shape index (κ2) is 8.43. The lowest BCUT2D eigenvalue weighted by Gasteiger charge is -2.30. The molecule has 0 aliphatic rings. The van der Waals surface area contributed by atoms with Crippen LogP contribution in [-0.2, 0) is 10.0 Å². The van der Waals surface area contributed by atoms with E-state index in [-0.39, 0.29) is 17.4 Å². The van der Waals surface area contributed by atoms with Crippen LogP contribution in [0.25, 0.3) is 0 Å². The lowest BCUT2D eigenvalue weighted by molar-refractivity contribution is 0.102. The molecule has 0 radical (unpaired) electrons. The normalized spacial score (nSPS) is 13.2. The molecule has 28 heavy (non-hydrogen) atoms. The Kier molecular flexibility index (Phi) is 6.64. The molecule has 7 heteroatoms. The predicted octanol–water partition coefficient (Wildman–Crippen LogP) is 3.24. The van der Waals surface area contributed by atoms with Crippen molar-refractivity contribution in [2.45, 2.75) is 45.6 Å². The van der Waals surface area contributed by atoms with Gasteiger partial charge < -0.3 is 10.4 Å². The van der Waals surface area contributed by atoms with Crippen molar-refractivity contribution in [3.63, 3.8) is 0 Å². The Bertz CT molecular complexity index is 968. The van der Waals surface area contributed by atoms with Crippen molar-refractivity contribution in [2.24, 2.45) is 5.41 Å². The molecule has 0 bridgehead atoms. The quantitative estimate of drug-likeness (QED) is 0.660. The van der Waals surface area contributed by atoms with E-state index in [1.807, 2.05) is 19.1 Å². The zero-order valence-electron chi connectivity index (χ0n) is 16.9. The fourth-order valence-electron chi connectivity index (χ4n) is 2.56. The molecule has 0 spiro atoms. The lowest BCUT2D eigenvalue weighted by atomic mass is 9.87. The van der Waals surface area contributed by atoms with Crippen LogP contribution < -0.4 is 10.0 Å². The third-order valence-corrected chi connectivity index (χ3v) is 6.60. The van der Waals surface area contributed by atoms with Gasteiger partial charge in [0.05, 0.1) is 4.90 Å². The average molecular weight is 405 g/mol. The highest BCUT2D eigenvalue weighted by Crippen LogP contribution is 2.24. The summed E-state index contributed by atoms with van der Waals surface area (Å²) in [6, 6.07) is 11.4. The Balaban J connectivity index is 2.22. The molecule has 1 amide bonds. The van der Waals surface area contributed by atoms with Crippen molar-refractivity contribution >= 4 is 21.6 Å². The molecule has 6 nitrogen and oxygen atoms in total. The zero-order valence-corrected chi connectivity index (χ0v) is 17.7. The molecule has 0 saturated heterocycles. The van der Waals surface area contributed by atoms with Gasteiger partial charge in [-0.3, -0.25) is 4.79 Å². The van der Waals surface area contributed by atoms with Gasteiger partial charge in [-0.15, -0.1) is 0 Å². The zero-order chi connectivity index (χ0) is 21.1. The number of sulfonamides is 1. The van der Waals surface area contributed by atoms with Crippen LogP contribution in [0.1, 0.15) is 42.3 Å². The average Bonchev–Trinajstić information content (AvgIpc) is 2.63. The van der Waals surface area contributed by atoms with Gasteiger partial charge in [0.2, 0.25) is 10.0 Å². The molecule has 2 aromatic carbocycles. The standard InChI is InChI=1S/C21H28N2O4S/c1-14-8-6-7-9-18(14)20(25)22-19-11-10-17(12-15(19)2)28(26,27)23-16(3)21(4,5)13-24/h6-12,16,23-24H,13H2,1-5H3,(H,22,25). The first-order valence-electron chi connectivity index (χ1n) is 9.09.